The molecule has 0 spiro atoms. The molecule has 1 amide bonds. The van der Waals surface area contributed by atoms with Gasteiger partial charge in [-0.1, -0.05) is 36.5 Å². The molecule has 2 N–H and O–H groups in total. The smallest absolute Gasteiger partial charge is 0.335 e. The number of benzene rings is 2. The highest BCUT2D eigenvalue weighted by molar-refractivity contribution is 7.80. The van der Waals surface area contributed by atoms with E-state index in [2.05, 4.69) is 5.32 Å². The average Bonchev–Trinajstić information content (AvgIpc) is 2.79. The van der Waals surface area contributed by atoms with E-state index in [-0.39, 0.29) is 11.5 Å². The van der Waals surface area contributed by atoms with Gasteiger partial charge in [0.05, 0.1) is 10.6 Å². The van der Waals surface area contributed by atoms with Crippen molar-refractivity contribution in [2.24, 2.45) is 0 Å². The molecule has 0 aromatic heterocycles. The Morgan fingerprint density at radius 1 is 1.17 bits per heavy atom. The summed E-state index contributed by atoms with van der Waals surface area (Å²) in [6.07, 6.45) is 0. The zero-order chi connectivity index (χ0) is 16.6. The molecule has 5 nitrogen and oxygen atoms in total. The van der Waals surface area contributed by atoms with E-state index < -0.39 is 11.9 Å². The number of aromatic carboxylic acids is 1. The molecule has 1 aliphatic heterocycles. The number of para-hydroxylation sites is 1. The molecule has 1 unspecified atom stereocenters. The van der Waals surface area contributed by atoms with E-state index in [0.29, 0.717) is 10.7 Å². The highest BCUT2D eigenvalue weighted by Gasteiger charge is 2.36. The highest BCUT2D eigenvalue weighted by atomic mass is 32.1. The molecule has 1 aliphatic rings. The molecule has 0 saturated heterocycles. The van der Waals surface area contributed by atoms with Crippen molar-refractivity contribution < 1.29 is 14.7 Å². The van der Waals surface area contributed by atoms with Crippen molar-refractivity contribution in [3.8, 4) is 0 Å². The minimum absolute atomic E-state index is 0.120. The Bertz CT molecular complexity index is 819. The van der Waals surface area contributed by atoms with Gasteiger partial charge in [0.15, 0.2) is 0 Å². The van der Waals surface area contributed by atoms with E-state index in [1.807, 2.05) is 36.2 Å². The van der Waals surface area contributed by atoms with Gasteiger partial charge in [-0.15, -0.1) is 0 Å². The molecule has 116 valence electrons. The third-order valence-electron chi connectivity index (χ3n) is 3.83. The van der Waals surface area contributed by atoms with E-state index >= 15 is 0 Å². The van der Waals surface area contributed by atoms with E-state index in [9.17, 15) is 9.59 Å². The first-order valence-corrected chi connectivity index (χ1v) is 7.40. The molecule has 1 heterocycles. The lowest BCUT2D eigenvalue weighted by molar-refractivity contribution is -0.116. The van der Waals surface area contributed by atoms with Crippen LogP contribution in [0.5, 0.6) is 0 Å². The molecule has 0 fully saturated rings. The number of nitrogens with one attached hydrogen (secondary N) is 1. The Morgan fingerprint density at radius 2 is 1.91 bits per heavy atom. The number of likely N-dealkylation sites (N-methyl/N-ethyl adjacent to an activating group) is 1. The Balaban J connectivity index is 1.88. The van der Waals surface area contributed by atoms with Crippen molar-refractivity contribution in [2.75, 3.05) is 17.3 Å². The van der Waals surface area contributed by atoms with Crippen LogP contribution in [0.2, 0.25) is 0 Å². The molecular formula is C17H14N2O3S. The summed E-state index contributed by atoms with van der Waals surface area (Å²) in [6.45, 7) is 0. The van der Waals surface area contributed by atoms with Crippen LogP contribution >= 0.6 is 12.2 Å². The van der Waals surface area contributed by atoms with Crippen LogP contribution in [-0.4, -0.2) is 29.0 Å². The number of carboxylic acids is 1. The van der Waals surface area contributed by atoms with Gasteiger partial charge in [-0.05, 0) is 29.8 Å². The normalized spacial score (nSPS) is 16.1. The first kappa shape index (κ1) is 15.2. The molecular weight excluding hydrogens is 312 g/mol. The lowest BCUT2D eigenvalue weighted by Gasteiger charge is -2.15. The number of hydrogen-bond donors (Lipinski definition) is 2. The third-order valence-corrected chi connectivity index (χ3v) is 4.34. The van der Waals surface area contributed by atoms with Crippen LogP contribution in [0.4, 0.5) is 11.4 Å². The monoisotopic (exact) mass is 326 g/mol. The summed E-state index contributed by atoms with van der Waals surface area (Å²) in [7, 11) is 1.83. The molecule has 2 aromatic rings. The summed E-state index contributed by atoms with van der Waals surface area (Å²) >= 11 is 5.40. The van der Waals surface area contributed by atoms with Crippen molar-refractivity contribution >= 4 is 40.5 Å². The van der Waals surface area contributed by atoms with Gasteiger partial charge in [0.2, 0.25) is 5.91 Å². The number of hydrogen-bond acceptors (Lipinski definition) is 3. The number of anilines is 2. The van der Waals surface area contributed by atoms with Crippen molar-refractivity contribution in [1.82, 2.24) is 0 Å². The summed E-state index contributed by atoms with van der Waals surface area (Å²) in [4.78, 5) is 26.0. The van der Waals surface area contributed by atoms with Crippen molar-refractivity contribution in [3.63, 3.8) is 0 Å². The maximum Gasteiger partial charge on any atom is 0.335 e. The van der Waals surface area contributed by atoms with Gasteiger partial charge in [0, 0.05) is 18.4 Å². The van der Waals surface area contributed by atoms with Gasteiger partial charge in [-0.2, -0.15) is 0 Å². The van der Waals surface area contributed by atoms with Crippen molar-refractivity contribution in [1.29, 1.82) is 0 Å². The third kappa shape index (κ3) is 2.68. The molecule has 0 radical (unpaired) electrons. The summed E-state index contributed by atoms with van der Waals surface area (Å²) in [5, 5.41) is 11.8. The average molecular weight is 326 g/mol. The SMILES string of the molecule is CN1C(=S)C(C(=O)Nc2cccc(C(=O)O)c2)c2ccccc21. The number of carbonyl (C=O) groups excluding carboxylic acids is 1. The molecule has 1 atom stereocenters. The molecule has 0 aliphatic carbocycles. The largest absolute Gasteiger partial charge is 0.478 e. The lowest BCUT2D eigenvalue weighted by Crippen LogP contribution is -2.30. The van der Waals surface area contributed by atoms with Crippen molar-refractivity contribution in [2.45, 2.75) is 5.92 Å². The molecule has 6 heteroatoms. The Labute approximate surface area is 138 Å². The number of nitrogens with zero attached hydrogens (tertiary/aromatic N) is 1. The Hall–Kier alpha value is -2.73. The van der Waals surface area contributed by atoms with Crippen LogP contribution in [-0.2, 0) is 4.79 Å². The van der Waals surface area contributed by atoms with Gasteiger partial charge >= 0.3 is 5.97 Å². The number of thiocarbonyl (C=S) groups is 1. The fraction of sp³-hybridized carbons (Fsp3) is 0.118. The minimum atomic E-state index is -1.04. The van der Waals surface area contributed by atoms with Crippen LogP contribution in [0.15, 0.2) is 48.5 Å². The van der Waals surface area contributed by atoms with Gasteiger partial charge < -0.3 is 15.3 Å². The van der Waals surface area contributed by atoms with Gasteiger partial charge in [0.1, 0.15) is 5.92 Å². The molecule has 2 aromatic carbocycles. The summed E-state index contributed by atoms with van der Waals surface area (Å²) in [6, 6.07) is 13.7. The van der Waals surface area contributed by atoms with Crippen LogP contribution in [0, 0.1) is 0 Å². The first-order valence-electron chi connectivity index (χ1n) is 7.00. The first-order chi connectivity index (χ1) is 11.0. The second-order valence-corrected chi connectivity index (χ2v) is 5.68. The van der Waals surface area contributed by atoms with E-state index in [4.69, 9.17) is 17.3 Å². The number of amides is 1. The predicted molar refractivity (Wildman–Crippen MR) is 92.2 cm³/mol. The lowest BCUT2D eigenvalue weighted by atomic mass is 10.0. The van der Waals surface area contributed by atoms with Crippen LogP contribution in [0.3, 0.4) is 0 Å². The Morgan fingerprint density at radius 3 is 2.65 bits per heavy atom. The zero-order valence-electron chi connectivity index (χ0n) is 12.3. The van der Waals surface area contributed by atoms with E-state index in [1.54, 1.807) is 12.1 Å². The maximum atomic E-state index is 12.6. The highest BCUT2D eigenvalue weighted by Crippen LogP contribution is 2.37. The minimum Gasteiger partial charge on any atom is -0.478 e. The van der Waals surface area contributed by atoms with Gasteiger partial charge in [-0.25, -0.2) is 4.79 Å². The predicted octanol–water partition coefficient (Wildman–Crippen LogP) is 2.88. The van der Waals surface area contributed by atoms with Crippen molar-refractivity contribution in [3.05, 3.63) is 59.7 Å². The topological polar surface area (TPSA) is 69.6 Å². The van der Waals surface area contributed by atoms with Crippen LogP contribution < -0.4 is 10.2 Å². The molecule has 23 heavy (non-hydrogen) atoms. The van der Waals surface area contributed by atoms with Crippen LogP contribution in [0.25, 0.3) is 0 Å². The zero-order valence-corrected chi connectivity index (χ0v) is 13.1. The standard InChI is InChI=1S/C17H14N2O3S/c1-19-13-8-3-2-7-12(13)14(16(19)23)15(20)18-11-6-4-5-10(9-11)17(21)22/h2-9,14H,1H3,(H,18,20)(H,21,22). The molecule has 0 bridgehead atoms. The van der Waals surface area contributed by atoms with E-state index in [0.717, 1.165) is 11.3 Å². The summed E-state index contributed by atoms with van der Waals surface area (Å²) < 4.78 is 0. The molecule has 0 saturated carbocycles. The second kappa shape index (κ2) is 5.81. The summed E-state index contributed by atoms with van der Waals surface area (Å²) in [5.41, 5.74) is 2.32. The van der Waals surface area contributed by atoms with E-state index in [1.165, 1.54) is 12.1 Å². The number of rotatable bonds is 3. The quantitative estimate of drug-likeness (QED) is 0.849. The number of carbonyl (C=O) groups is 2. The van der Waals surface area contributed by atoms with Crippen LogP contribution in [0.1, 0.15) is 21.8 Å². The summed E-state index contributed by atoms with van der Waals surface area (Å²) in [5.74, 6) is -1.86. The fourth-order valence-corrected chi connectivity index (χ4v) is 3.01. The molecule has 3 rings (SSSR count). The maximum absolute atomic E-state index is 12.6. The number of fused-ring (bicyclic) bond motifs is 1. The van der Waals surface area contributed by atoms with Gasteiger partial charge in [-0.3, -0.25) is 4.79 Å². The fourth-order valence-electron chi connectivity index (χ4n) is 2.68. The number of carboxylic acid groups (broad SMARTS) is 1. The van der Waals surface area contributed by atoms with Gasteiger partial charge in [0.25, 0.3) is 0 Å². The Kier molecular flexibility index (Phi) is 3.83. The second-order valence-electron chi connectivity index (χ2n) is 5.26.